The molecule has 2 saturated heterocycles. The molecule has 2 aromatic rings. The number of hydrogen-bond donors (Lipinski definition) is 5. The third kappa shape index (κ3) is 8.43. The van der Waals surface area contributed by atoms with Crippen LogP contribution in [0.5, 0.6) is 0 Å². The summed E-state index contributed by atoms with van der Waals surface area (Å²) >= 11 is 5.08. The monoisotopic (exact) mass is 528 g/mol. The van der Waals surface area contributed by atoms with E-state index in [2.05, 4.69) is 9.97 Å². The van der Waals surface area contributed by atoms with Crippen LogP contribution in [0.25, 0.3) is 0 Å². The Morgan fingerprint density at radius 3 is 2.00 bits per heavy atom. The Morgan fingerprint density at radius 2 is 1.56 bits per heavy atom. The van der Waals surface area contributed by atoms with Gasteiger partial charge >= 0.3 is 5.69 Å². The fraction of sp³-hybridized carbons (Fsp3) is 0.591. The van der Waals surface area contributed by atoms with Crippen LogP contribution < -0.4 is 17.2 Å². The van der Waals surface area contributed by atoms with E-state index in [0.717, 1.165) is 20.0 Å². The molecule has 4 atom stereocenters. The van der Waals surface area contributed by atoms with Crippen molar-refractivity contribution in [3.05, 3.63) is 39.3 Å². The Kier molecular flexibility index (Phi) is 14.0. The van der Waals surface area contributed by atoms with Crippen molar-refractivity contribution in [1.29, 1.82) is 0 Å². The highest BCUT2D eigenvalue weighted by Gasteiger charge is 2.27. The highest BCUT2D eigenvalue weighted by molar-refractivity contribution is 7.71. The van der Waals surface area contributed by atoms with E-state index in [9.17, 15) is 9.59 Å². The lowest BCUT2D eigenvalue weighted by Gasteiger charge is -2.15. The number of aromatic nitrogens is 4. The first kappa shape index (κ1) is 31.3. The molecule has 4 rings (SSSR count). The van der Waals surface area contributed by atoms with E-state index < -0.39 is 11.9 Å². The van der Waals surface area contributed by atoms with Gasteiger partial charge in [0.2, 0.25) is 4.77 Å². The van der Waals surface area contributed by atoms with Crippen molar-refractivity contribution in [2.75, 3.05) is 31.8 Å². The van der Waals surface area contributed by atoms with Gasteiger partial charge in [-0.05, 0) is 44.0 Å². The molecule has 0 aliphatic carbocycles. The van der Waals surface area contributed by atoms with Crippen LogP contribution in [0.3, 0.4) is 0 Å². The van der Waals surface area contributed by atoms with Crippen LogP contribution >= 0.6 is 12.2 Å². The molecule has 0 aromatic carbocycles. The first-order valence-electron chi connectivity index (χ1n) is 11.5. The summed E-state index contributed by atoms with van der Waals surface area (Å²) in [7, 11) is 1.00. The fourth-order valence-corrected chi connectivity index (χ4v) is 3.77. The number of aldehydes is 1. The van der Waals surface area contributed by atoms with Gasteiger partial charge in [-0.2, -0.15) is 4.98 Å². The Labute approximate surface area is 214 Å². The minimum atomic E-state index is -0.559. The second kappa shape index (κ2) is 16.1. The number of aliphatic hydroxyl groups is 3. The van der Waals surface area contributed by atoms with Gasteiger partial charge in [0.25, 0.3) is 0 Å². The number of rotatable bonds is 5. The van der Waals surface area contributed by atoms with Gasteiger partial charge in [-0.15, -0.1) is 0 Å². The van der Waals surface area contributed by atoms with Crippen LogP contribution in [-0.4, -0.2) is 73.2 Å². The second-order valence-electron chi connectivity index (χ2n) is 7.38. The predicted molar refractivity (Wildman–Crippen MR) is 136 cm³/mol. The highest BCUT2D eigenvalue weighted by atomic mass is 32.1. The first-order valence-corrected chi connectivity index (χ1v) is 11.9. The Balaban J connectivity index is 0.000000318. The lowest BCUT2D eigenvalue weighted by atomic mass is 10.2. The smallest absolute Gasteiger partial charge is 0.351 e. The maximum atomic E-state index is 11.6. The molecule has 0 amide bonds. The molecule has 0 bridgehead atoms. The van der Waals surface area contributed by atoms with Gasteiger partial charge < -0.3 is 36.3 Å². The fourth-order valence-electron chi connectivity index (χ4n) is 3.49. The van der Waals surface area contributed by atoms with Crippen molar-refractivity contribution in [2.45, 2.75) is 64.2 Å². The molecule has 202 valence electrons. The molecule has 14 heteroatoms. The third-order valence-electron chi connectivity index (χ3n) is 5.19. The quantitative estimate of drug-likeness (QED) is 0.270. The summed E-state index contributed by atoms with van der Waals surface area (Å²) in [5, 5.41) is 24.9. The van der Waals surface area contributed by atoms with E-state index in [0.29, 0.717) is 29.7 Å². The largest absolute Gasteiger partial charge is 0.400 e. The van der Waals surface area contributed by atoms with Crippen LogP contribution in [-0.2, 0) is 9.47 Å². The molecule has 2 aromatic heterocycles. The minimum Gasteiger partial charge on any atom is -0.400 e. The zero-order valence-corrected chi connectivity index (χ0v) is 21.5. The van der Waals surface area contributed by atoms with Gasteiger partial charge in [-0.1, -0.05) is 13.8 Å². The SMILES string of the molecule is CC.CO.Nc1ccn(C2CCC(CO)O2)c(=S)n1.Nc1nc(=O)n(C2CC[C@@H](CO)O2)cc1C=O. The second-order valence-corrected chi connectivity index (χ2v) is 7.74. The number of nitrogens with two attached hydrogens (primary N) is 2. The number of ether oxygens (including phenoxy) is 2. The molecule has 3 unspecified atom stereocenters. The lowest BCUT2D eigenvalue weighted by molar-refractivity contribution is -0.0245. The van der Waals surface area contributed by atoms with Gasteiger partial charge in [0.05, 0.1) is 31.0 Å². The Hall–Kier alpha value is -2.75. The van der Waals surface area contributed by atoms with E-state index >= 15 is 0 Å². The maximum absolute atomic E-state index is 11.6. The standard InChI is InChI=1S/C10H13N3O4.C9H13N3O2S.C2H6.CH4O/c11-9-6(4-14)3-13(10(16)12-9)8-2-1-7(5-15)17-8;10-7-3-4-12(9(15)11-7)8-2-1-6(5-13)14-8;2*1-2/h3-4,7-8,15H,1-2,5H2,(H2,11,12,16);3-4,6,8,13H,1-2,5H2,(H2,10,11,15);1-2H3;2H,1H3/t7-,8?;;;/m0.../s1. The van der Waals surface area contributed by atoms with Gasteiger partial charge in [0.15, 0.2) is 6.29 Å². The van der Waals surface area contributed by atoms with Gasteiger partial charge in [0.1, 0.15) is 24.1 Å². The van der Waals surface area contributed by atoms with Crippen molar-refractivity contribution in [3.8, 4) is 0 Å². The Bertz CT molecular complexity index is 1060. The molecule has 7 N–H and O–H groups in total. The van der Waals surface area contributed by atoms with Crippen molar-refractivity contribution in [2.24, 2.45) is 0 Å². The molecular formula is C22H36N6O7S. The van der Waals surface area contributed by atoms with Crippen molar-refractivity contribution in [1.82, 2.24) is 19.1 Å². The lowest BCUT2D eigenvalue weighted by Crippen LogP contribution is -2.29. The molecule has 0 radical (unpaired) electrons. The molecule has 4 heterocycles. The number of hydrogen-bond acceptors (Lipinski definition) is 12. The van der Waals surface area contributed by atoms with Crippen molar-refractivity contribution >= 4 is 30.1 Å². The zero-order chi connectivity index (χ0) is 27.3. The van der Waals surface area contributed by atoms with Crippen LogP contribution in [0.1, 0.15) is 62.3 Å². The molecular weight excluding hydrogens is 492 g/mol. The molecule has 13 nitrogen and oxygen atoms in total. The van der Waals surface area contributed by atoms with E-state index in [1.807, 2.05) is 13.8 Å². The first-order chi connectivity index (χ1) is 17.4. The minimum absolute atomic E-state index is 0.0478. The number of anilines is 2. The van der Waals surface area contributed by atoms with Gasteiger partial charge in [0, 0.05) is 19.5 Å². The summed E-state index contributed by atoms with van der Waals surface area (Å²) < 4.78 is 14.4. The van der Waals surface area contributed by atoms with Crippen molar-refractivity contribution < 1.29 is 29.6 Å². The van der Waals surface area contributed by atoms with E-state index in [-0.39, 0.29) is 43.0 Å². The molecule has 2 fully saturated rings. The molecule has 0 spiro atoms. The summed E-state index contributed by atoms with van der Waals surface area (Å²) in [6.07, 6.45) is 5.60. The van der Waals surface area contributed by atoms with Gasteiger partial charge in [-0.25, -0.2) is 9.78 Å². The average molecular weight is 529 g/mol. The summed E-state index contributed by atoms with van der Waals surface area (Å²) in [6.45, 7) is 3.96. The molecule has 2 aliphatic heterocycles. The maximum Gasteiger partial charge on any atom is 0.351 e. The van der Waals surface area contributed by atoms with Crippen LogP contribution in [0.2, 0.25) is 0 Å². The van der Waals surface area contributed by atoms with Crippen LogP contribution in [0.15, 0.2) is 23.3 Å². The average Bonchev–Trinajstić information content (AvgIpc) is 3.57. The Morgan fingerprint density at radius 1 is 1.03 bits per heavy atom. The van der Waals surface area contributed by atoms with Gasteiger partial charge in [-0.3, -0.25) is 13.9 Å². The summed E-state index contributed by atoms with van der Waals surface area (Å²) in [6, 6.07) is 1.69. The van der Waals surface area contributed by atoms with E-state index in [4.69, 9.17) is 48.5 Å². The van der Waals surface area contributed by atoms with Crippen LogP contribution in [0.4, 0.5) is 11.6 Å². The van der Waals surface area contributed by atoms with Crippen LogP contribution in [0, 0.1) is 4.77 Å². The summed E-state index contributed by atoms with van der Waals surface area (Å²) in [5.41, 5.74) is 10.5. The zero-order valence-electron chi connectivity index (χ0n) is 20.7. The molecule has 2 aliphatic rings. The number of carbonyl (C=O) groups excluding carboxylic acids is 1. The number of aliphatic hydroxyl groups excluding tert-OH is 3. The topological polar surface area (TPSA) is 201 Å². The normalized spacial score (nSPS) is 22.3. The number of nitrogen functional groups attached to an aromatic ring is 2. The predicted octanol–water partition coefficient (Wildman–Crippen LogP) is 0.807. The van der Waals surface area contributed by atoms with E-state index in [1.54, 1.807) is 16.8 Å². The molecule has 0 saturated carbocycles. The number of carbonyl (C=O) groups is 1. The third-order valence-corrected chi connectivity index (χ3v) is 5.49. The highest BCUT2D eigenvalue weighted by Crippen LogP contribution is 2.28. The summed E-state index contributed by atoms with van der Waals surface area (Å²) in [5.74, 6) is 0.325. The number of nitrogens with zero attached hydrogens (tertiary/aromatic N) is 4. The van der Waals surface area contributed by atoms with E-state index in [1.165, 1.54) is 10.8 Å². The molecule has 36 heavy (non-hydrogen) atoms. The van der Waals surface area contributed by atoms with Crippen molar-refractivity contribution in [3.63, 3.8) is 0 Å². The summed E-state index contributed by atoms with van der Waals surface area (Å²) in [4.78, 5) is 29.8.